The van der Waals surface area contributed by atoms with Crippen LogP contribution in [0.5, 0.6) is 5.75 Å². The highest BCUT2D eigenvalue weighted by molar-refractivity contribution is 7.12. The van der Waals surface area contributed by atoms with Crippen molar-refractivity contribution in [1.29, 1.82) is 0 Å². The number of carbonyl (C=O) groups is 1. The third-order valence-electron chi connectivity index (χ3n) is 3.75. The van der Waals surface area contributed by atoms with Crippen molar-refractivity contribution >= 4 is 25.6 Å². The van der Waals surface area contributed by atoms with Crippen LogP contribution in [0.2, 0.25) is 18.1 Å². The molecule has 0 atom stereocenters. The molecule has 0 aliphatic heterocycles. The Morgan fingerprint density at radius 1 is 1.14 bits per heavy atom. The van der Waals surface area contributed by atoms with Crippen LogP contribution in [0.15, 0.2) is 5.38 Å². The van der Waals surface area contributed by atoms with E-state index in [9.17, 15) is 4.79 Å². The Kier molecular flexibility index (Phi) is 5.00. The summed E-state index contributed by atoms with van der Waals surface area (Å²) in [5, 5.41) is 2.06. The molecule has 0 amide bonds. The van der Waals surface area contributed by atoms with E-state index in [0.717, 1.165) is 11.3 Å². The average molecular weight is 329 g/mol. The summed E-state index contributed by atoms with van der Waals surface area (Å²) >= 11 is 1.40. The third kappa shape index (κ3) is 4.58. The Morgan fingerprint density at radius 2 is 1.67 bits per heavy atom. The molecule has 1 heterocycles. The number of esters is 1. The normalized spacial score (nSPS) is 13.2. The van der Waals surface area contributed by atoms with Gasteiger partial charge in [-0.1, -0.05) is 20.8 Å². The first-order valence-corrected chi connectivity index (χ1v) is 11.0. The second kappa shape index (κ2) is 5.76. The van der Waals surface area contributed by atoms with Crippen molar-refractivity contribution < 1.29 is 14.0 Å². The Morgan fingerprint density at radius 3 is 2.10 bits per heavy atom. The van der Waals surface area contributed by atoms with Crippen LogP contribution >= 0.6 is 11.3 Å². The second-order valence-electron chi connectivity index (χ2n) is 7.92. The van der Waals surface area contributed by atoms with Crippen molar-refractivity contribution in [2.45, 2.75) is 72.2 Å². The van der Waals surface area contributed by atoms with Crippen LogP contribution in [0.1, 0.15) is 56.8 Å². The number of ether oxygens (including phenoxy) is 1. The Hall–Kier alpha value is -0.813. The Balaban J connectivity index is 2.98. The van der Waals surface area contributed by atoms with Gasteiger partial charge in [-0.3, -0.25) is 0 Å². The van der Waals surface area contributed by atoms with Gasteiger partial charge in [0.2, 0.25) is 0 Å². The SMILES string of the molecule is Cc1c(O[Si](C)(C)C(C)(C)C)csc1C(=O)OC(C)(C)C. The first-order valence-electron chi connectivity index (χ1n) is 7.25. The van der Waals surface area contributed by atoms with Gasteiger partial charge in [0.25, 0.3) is 8.32 Å². The molecule has 3 nitrogen and oxygen atoms in total. The minimum atomic E-state index is -1.89. The molecule has 0 radical (unpaired) electrons. The molecule has 0 unspecified atom stereocenters. The zero-order chi connectivity index (χ0) is 16.6. The molecule has 0 fully saturated rings. The van der Waals surface area contributed by atoms with Crippen LogP contribution < -0.4 is 4.43 Å². The molecule has 0 saturated carbocycles. The largest absolute Gasteiger partial charge is 0.543 e. The fourth-order valence-corrected chi connectivity index (χ4v) is 3.47. The third-order valence-corrected chi connectivity index (χ3v) is 9.13. The molecule has 1 aromatic heterocycles. The van der Waals surface area contributed by atoms with E-state index in [1.54, 1.807) is 0 Å². The average Bonchev–Trinajstić information content (AvgIpc) is 2.55. The van der Waals surface area contributed by atoms with Gasteiger partial charge < -0.3 is 9.16 Å². The van der Waals surface area contributed by atoms with Crippen molar-refractivity contribution in [1.82, 2.24) is 0 Å². The maximum atomic E-state index is 12.2. The molecule has 0 aliphatic carbocycles. The van der Waals surface area contributed by atoms with E-state index in [4.69, 9.17) is 9.16 Å². The van der Waals surface area contributed by atoms with Gasteiger partial charge in [0.15, 0.2) is 0 Å². The first kappa shape index (κ1) is 18.2. The van der Waals surface area contributed by atoms with E-state index < -0.39 is 13.9 Å². The lowest BCUT2D eigenvalue weighted by Crippen LogP contribution is -2.43. The van der Waals surface area contributed by atoms with Crippen LogP contribution in [-0.2, 0) is 4.74 Å². The fourth-order valence-electron chi connectivity index (χ4n) is 1.46. The number of rotatable bonds is 3. The maximum Gasteiger partial charge on any atom is 0.349 e. The lowest BCUT2D eigenvalue weighted by atomic mass is 10.2. The summed E-state index contributed by atoms with van der Waals surface area (Å²) in [5.74, 6) is 0.558. The van der Waals surface area contributed by atoms with Gasteiger partial charge in [-0.05, 0) is 45.8 Å². The minimum absolute atomic E-state index is 0.132. The molecule has 0 saturated heterocycles. The summed E-state index contributed by atoms with van der Waals surface area (Å²) < 4.78 is 11.7. The summed E-state index contributed by atoms with van der Waals surface area (Å²) in [7, 11) is -1.89. The first-order chi connectivity index (χ1) is 9.24. The summed E-state index contributed by atoms with van der Waals surface area (Å²) in [5.41, 5.74) is 0.410. The predicted molar refractivity (Wildman–Crippen MR) is 92.0 cm³/mol. The van der Waals surface area contributed by atoms with Gasteiger partial charge in [-0.2, -0.15) is 0 Å². The standard InChI is InChI=1S/C16H28O3SSi/c1-11-12(19-21(8,9)16(5,6)7)10-20-13(11)14(17)18-15(2,3)4/h10H,1-9H3. The number of hydrogen-bond acceptors (Lipinski definition) is 4. The Labute approximate surface area is 133 Å². The van der Waals surface area contributed by atoms with Crippen LogP contribution in [-0.4, -0.2) is 19.9 Å². The lowest BCUT2D eigenvalue weighted by Gasteiger charge is -2.36. The van der Waals surface area contributed by atoms with E-state index in [0.29, 0.717) is 4.88 Å². The summed E-state index contributed by atoms with van der Waals surface area (Å²) in [6, 6.07) is 0. The van der Waals surface area contributed by atoms with Gasteiger partial charge in [0, 0.05) is 10.9 Å². The molecule has 0 aromatic carbocycles. The predicted octanol–water partition coefficient (Wildman–Crippen LogP) is 5.40. The molecule has 0 bridgehead atoms. The van der Waals surface area contributed by atoms with Gasteiger partial charge in [0.1, 0.15) is 16.2 Å². The number of thiophene rings is 1. The highest BCUT2D eigenvalue weighted by atomic mass is 32.1. The molecule has 1 aromatic rings. The van der Waals surface area contributed by atoms with Gasteiger partial charge in [-0.15, -0.1) is 11.3 Å². The molecule has 120 valence electrons. The summed E-state index contributed by atoms with van der Waals surface area (Å²) in [4.78, 5) is 12.8. The Bertz CT molecular complexity index is 519. The van der Waals surface area contributed by atoms with Gasteiger partial charge >= 0.3 is 5.97 Å². The van der Waals surface area contributed by atoms with Crippen LogP contribution in [0.3, 0.4) is 0 Å². The highest BCUT2D eigenvalue weighted by Crippen LogP contribution is 2.40. The smallest absolute Gasteiger partial charge is 0.349 e. The van der Waals surface area contributed by atoms with Crippen molar-refractivity contribution in [2.24, 2.45) is 0 Å². The van der Waals surface area contributed by atoms with Crippen LogP contribution in [0, 0.1) is 6.92 Å². The summed E-state index contributed by atoms with van der Waals surface area (Å²) in [6.45, 7) is 18.6. The topological polar surface area (TPSA) is 35.5 Å². The quantitative estimate of drug-likeness (QED) is 0.551. The van der Waals surface area contributed by atoms with E-state index in [2.05, 4.69) is 33.9 Å². The molecule has 0 N–H and O–H groups in total. The van der Waals surface area contributed by atoms with Gasteiger partial charge in [-0.25, -0.2) is 4.79 Å². The number of carbonyl (C=O) groups excluding carboxylic acids is 1. The molecule has 0 aliphatic rings. The van der Waals surface area contributed by atoms with Gasteiger partial charge in [0.05, 0.1) is 0 Å². The zero-order valence-corrected chi connectivity index (χ0v) is 16.5. The van der Waals surface area contributed by atoms with E-state index in [1.807, 2.05) is 33.1 Å². The maximum absolute atomic E-state index is 12.2. The molecular weight excluding hydrogens is 300 g/mol. The molecule has 0 spiro atoms. The van der Waals surface area contributed by atoms with Crippen molar-refractivity contribution in [3.8, 4) is 5.75 Å². The lowest BCUT2D eigenvalue weighted by molar-refractivity contribution is 0.00743. The van der Waals surface area contributed by atoms with Crippen molar-refractivity contribution in [3.63, 3.8) is 0 Å². The molecule has 21 heavy (non-hydrogen) atoms. The summed E-state index contributed by atoms with van der Waals surface area (Å²) in [6.07, 6.45) is 0. The van der Waals surface area contributed by atoms with E-state index in [-0.39, 0.29) is 11.0 Å². The van der Waals surface area contributed by atoms with E-state index in [1.165, 1.54) is 11.3 Å². The fraction of sp³-hybridized carbons (Fsp3) is 0.688. The van der Waals surface area contributed by atoms with Crippen LogP contribution in [0.4, 0.5) is 0 Å². The second-order valence-corrected chi connectivity index (χ2v) is 13.5. The van der Waals surface area contributed by atoms with Crippen molar-refractivity contribution in [3.05, 3.63) is 15.8 Å². The highest BCUT2D eigenvalue weighted by Gasteiger charge is 2.39. The molecule has 5 heteroatoms. The minimum Gasteiger partial charge on any atom is -0.543 e. The molecular formula is C16H28O3SSi. The monoisotopic (exact) mass is 328 g/mol. The van der Waals surface area contributed by atoms with E-state index >= 15 is 0 Å². The number of hydrogen-bond donors (Lipinski definition) is 0. The van der Waals surface area contributed by atoms with Crippen molar-refractivity contribution in [2.75, 3.05) is 0 Å². The zero-order valence-electron chi connectivity index (χ0n) is 14.7. The molecule has 1 rings (SSSR count). The van der Waals surface area contributed by atoms with Crippen LogP contribution in [0.25, 0.3) is 0 Å².